The van der Waals surface area contributed by atoms with Gasteiger partial charge in [0.2, 0.25) is 0 Å². The first kappa shape index (κ1) is 21.5. The van der Waals surface area contributed by atoms with Crippen molar-refractivity contribution in [2.24, 2.45) is 5.92 Å². The Morgan fingerprint density at radius 1 is 0.765 bits per heavy atom. The van der Waals surface area contributed by atoms with Crippen molar-refractivity contribution >= 4 is 5.69 Å². The smallest absolute Gasteiger partial charge is 0.102 e. The number of fused-ring (bicyclic) bond motifs is 5. The highest BCUT2D eigenvalue weighted by atomic mass is 15.1. The number of hydrogen-bond acceptors (Lipinski definition) is 2. The van der Waals surface area contributed by atoms with Crippen LogP contribution in [-0.2, 0) is 32.1 Å². The van der Waals surface area contributed by atoms with Gasteiger partial charge in [0.25, 0.3) is 0 Å². The molecule has 0 bridgehead atoms. The first-order valence-electron chi connectivity index (χ1n) is 13.3. The lowest BCUT2D eigenvalue weighted by molar-refractivity contribution is 0.403. The molecule has 3 aromatic rings. The highest BCUT2D eigenvalue weighted by Gasteiger charge is 2.32. The molecule has 0 spiro atoms. The first-order chi connectivity index (χ1) is 16.8. The molecule has 2 nitrogen and oxygen atoms in total. The summed E-state index contributed by atoms with van der Waals surface area (Å²) < 4.78 is 0. The molecule has 0 atom stereocenters. The fourth-order valence-corrected chi connectivity index (χ4v) is 6.82. The van der Waals surface area contributed by atoms with E-state index in [0.717, 1.165) is 50.3 Å². The second-order valence-corrected chi connectivity index (χ2v) is 10.5. The Hall–Kier alpha value is -3.05. The van der Waals surface area contributed by atoms with Crippen LogP contribution in [0.2, 0.25) is 0 Å². The van der Waals surface area contributed by atoms with Gasteiger partial charge in [0, 0.05) is 13.1 Å². The van der Waals surface area contributed by atoms with E-state index in [4.69, 9.17) is 0 Å². The maximum atomic E-state index is 10.5. The Kier molecular flexibility index (Phi) is 5.88. The summed E-state index contributed by atoms with van der Waals surface area (Å²) in [6, 6.07) is 22.7. The maximum Gasteiger partial charge on any atom is 0.102 e. The third kappa shape index (κ3) is 3.82. The molecular weight excluding hydrogens is 412 g/mol. The zero-order valence-electron chi connectivity index (χ0n) is 20.2. The number of nitriles is 1. The summed E-state index contributed by atoms with van der Waals surface area (Å²) in [5.41, 5.74) is 12.5. The summed E-state index contributed by atoms with van der Waals surface area (Å²) in [4.78, 5) is 2.60. The predicted octanol–water partition coefficient (Wildman–Crippen LogP) is 7.05. The summed E-state index contributed by atoms with van der Waals surface area (Å²) >= 11 is 0. The van der Waals surface area contributed by atoms with Gasteiger partial charge in [-0.05, 0) is 103 Å². The van der Waals surface area contributed by atoms with Gasteiger partial charge in [-0.15, -0.1) is 0 Å². The van der Waals surface area contributed by atoms with Crippen LogP contribution in [0.4, 0.5) is 5.69 Å². The molecule has 6 rings (SSSR count). The summed E-state index contributed by atoms with van der Waals surface area (Å²) in [5, 5.41) is 10.5. The molecule has 3 aromatic carbocycles. The summed E-state index contributed by atoms with van der Waals surface area (Å²) in [6.07, 6.45) is 11.7. The lowest BCUT2D eigenvalue weighted by Gasteiger charge is -2.38. The van der Waals surface area contributed by atoms with Crippen molar-refractivity contribution in [3.05, 3.63) is 88.0 Å². The molecule has 2 heteroatoms. The third-order valence-electron chi connectivity index (χ3n) is 8.49. The Bertz CT molecular complexity index is 1230. The fourth-order valence-electron chi connectivity index (χ4n) is 6.82. The monoisotopic (exact) mass is 446 g/mol. The first-order valence-corrected chi connectivity index (χ1v) is 13.3. The number of hydrogen-bond donors (Lipinski definition) is 0. The zero-order chi connectivity index (χ0) is 22.9. The molecule has 0 saturated carbocycles. The summed E-state index contributed by atoms with van der Waals surface area (Å²) in [6.45, 7) is 2.14. The maximum absolute atomic E-state index is 10.5. The second-order valence-electron chi connectivity index (χ2n) is 10.5. The van der Waals surface area contributed by atoms with E-state index in [1.807, 2.05) is 0 Å². The minimum atomic E-state index is 0.738. The van der Waals surface area contributed by atoms with Gasteiger partial charge in [0.15, 0.2) is 0 Å². The van der Waals surface area contributed by atoms with Gasteiger partial charge in [-0.2, -0.15) is 5.26 Å². The molecule has 3 aliphatic rings. The van der Waals surface area contributed by atoms with Gasteiger partial charge in [-0.3, -0.25) is 0 Å². The lowest BCUT2D eigenvalue weighted by Crippen LogP contribution is -2.36. The van der Waals surface area contributed by atoms with E-state index < -0.39 is 0 Å². The van der Waals surface area contributed by atoms with Crippen molar-refractivity contribution in [1.82, 2.24) is 0 Å². The molecule has 172 valence electrons. The molecule has 0 amide bonds. The molecule has 1 saturated heterocycles. The number of piperidine rings is 1. The molecule has 0 N–H and O–H groups in total. The van der Waals surface area contributed by atoms with Crippen molar-refractivity contribution in [2.75, 3.05) is 18.0 Å². The molecule has 2 aliphatic carbocycles. The number of aryl methyl sites for hydroxylation is 1. The second kappa shape index (κ2) is 9.30. The van der Waals surface area contributed by atoms with Gasteiger partial charge in [-0.25, -0.2) is 0 Å². The van der Waals surface area contributed by atoms with Crippen molar-refractivity contribution in [1.29, 1.82) is 5.26 Å². The number of nitrogens with zero attached hydrogens (tertiary/aromatic N) is 2. The SMILES string of the molecule is N#Cc1c2c(c3c(c1N1CCC(Cc4ccccc4)CC1)CCc1ccccc1-3)CCCCC2. The van der Waals surface area contributed by atoms with E-state index >= 15 is 0 Å². The molecule has 1 heterocycles. The van der Waals surface area contributed by atoms with Crippen molar-refractivity contribution < 1.29 is 0 Å². The van der Waals surface area contributed by atoms with Gasteiger partial charge in [0.05, 0.1) is 11.3 Å². The Morgan fingerprint density at radius 3 is 2.29 bits per heavy atom. The van der Waals surface area contributed by atoms with Crippen LogP contribution < -0.4 is 4.90 Å². The Balaban J connectivity index is 1.40. The van der Waals surface area contributed by atoms with Gasteiger partial charge in [-0.1, -0.05) is 61.0 Å². The van der Waals surface area contributed by atoms with Crippen molar-refractivity contribution in [2.45, 2.75) is 64.2 Å². The van der Waals surface area contributed by atoms with Gasteiger partial charge >= 0.3 is 0 Å². The van der Waals surface area contributed by atoms with E-state index in [1.165, 1.54) is 83.2 Å². The highest BCUT2D eigenvalue weighted by Crippen LogP contribution is 2.47. The van der Waals surface area contributed by atoms with Crippen LogP contribution in [-0.4, -0.2) is 13.1 Å². The van der Waals surface area contributed by atoms with Crippen LogP contribution in [0, 0.1) is 17.2 Å². The largest absolute Gasteiger partial charge is 0.370 e. The van der Waals surface area contributed by atoms with Crippen LogP contribution in [0.1, 0.15) is 65.5 Å². The normalized spacial score (nSPS) is 17.8. The summed E-state index contributed by atoms with van der Waals surface area (Å²) in [7, 11) is 0. The average molecular weight is 447 g/mol. The van der Waals surface area contributed by atoms with Crippen molar-refractivity contribution in [3.8, 4) is 17.2 Å². The van der Waals surface area contributed by atoms with Crippen LogP contribution >= 0.6 is 0 Å². The fraction of sp³-hybridized carbons (Fsp3) is 0.406. The number of anilines is 1. The van der Waals surface area contributed by atoms with E-state index in [1.54, 1.807) is 0 Å². The minimum Gasteiger partial charge on any atom is -0.370 e. The minimum absolute atomic E-state index is 0.738. The molecular formula is C32H34N2. The third-order valence-corrected chi connectivity index (χ3v) is 8.49. The topological polar surface area (TPSA) is 27.0 Å². The van der Waals surface area contributed by atoms with Crippen LogP contribution in [0.25, 0.3) is 11.1 Å². The van der Waals surface area contributed by atoms with E-state index in [2.05, 4.69) is 65.6 Å². The van der Waals surface area contributed by atoms with Gasteiger partial charge in [0.1, 0.15) is 6.07 Å². The summed E-state index contributed by atoms with van der Waals surface area (Å²) in [5.74, 6) is 0.738. The standard InChI is InChI=1S/C32H34N2/c33-22-30-27-13-5-2-6-14-28(27)31-26-12-8-7-11-25(26)15-16-29(31)32(30)34-19-17-24(18-20-34)21-23-9-3-1-4-10-23/h1,3-4,7-12,24H,2,5-6,13-21H2. The molecule has 0 aromatic heterocycles. The molecule has 0 radical (unpaired) electrons. The molecule has 0 unspecified atom stereocenters. The predicted molar refractivity (Wildman–Crippen MR) is 140 cm³/mol. The Morgan fingerprint density at radius 2 is 1.50 bits per heavy atom. The van der Waals surface area contributed by atoms with Crippen LogP contribution in [0.5, 0.6) is 0 Å². The van der Waals surface area contributed by atoms with E-state index in [0.29, 0.717) is 0 Å². The number of benzene rings is 3. The van der Waals surface area contributed by atoms with Crippen molar-refractivity contribution in [3.63, 3.8) is 0 Å². The van der Waals surface area contributed by atoms with E-state index in [-0.39, 0.29) is 0 Å². The highest BCUT2D eigenvalue weighted by molar-refractivity contribution is 5.86. The zero-order valence-corrected chi connectivity index (χ0v) is 20.2. The molecule has 1 aliphatic heterocycles. The number of rotatable bonds is 3. The van der Waals surface area contributed by atoms with E-state index in [9.17, 15) is 5.26 Å². The van der Waals surface area contributed by atoms with Crippen LogP contribution in [0.15, 0.2) is 54.6 Å². The molecule has 1 fully saturated rings. The molecule has 34 heavy (non-hydrogen) atoms. The quantitative estimate of drug-likeness (QED) is 0.403. The van der Waals surface area contributed by atoms with Crippen LogP contribution in [0.3, 0.4) is 0 Å². The van der Waals surface area contributed by atoms with Gasteiger partial charge < -0.3 is 4.90 Å². The average Bonchev–Trinajstić information content (AvgIpc) is 3.15. The lowest BCUT2D eigenvalue weighted by atomic mass is 9.77. The Labute approximate surface area is 204 Å².